The van der Waals surface area contributed by atoms with Gasteiger partial charge in [0.2, 0.25) is 0 Å². The predicted octanol–water partition coefficient (Wildman–Crippen LogP) is 3.78. The molecule has 0 unspecified atom stereocenters. The molecule has 114 valence electrons. The highest BCUT2D eigenvalue weighted by molar-refractivity contribution is 9.10. The quantitative estimate of drug-likeness (QED) is 0.611. The second kappa shape index (κ2) is 6.64. The smallest absolute Gasteiger partial charge is 0.321 e. The van der Waals surface area contributed by atoms with E-state index in [1.165, 1.54) is 0 Å². The molecule has 0 aliphatic rings. The van der Waals surface area contributed by atoms with Gasteiger partial charge in [0.05, 0.1) is 0 Å². The summed E-state index contributed by atoms with van der Waals surface area (Å²) in [5, 5.41) is 15.6. The molecule has 0 amide bonds. The van der Waals surface area contributed by atoms with Crippen LogP contribution >= 0.6 is 27.3 Å². The number of carboxylic acid groups (broad SMARTS) is 1. The first-order valence-electron chi connectivity index (χ1n) is 6.87. The number of fused-ring (bicyclic) bond motifs is 1. The van der Waals surface area contributed by atoms with Crippen molar-refractivity contribution in [3.05, 3.63) is 56.8 Å². The number of halogens is 1. The number of thiophene rings is 1. The van der Waals surface area contributed by atoms with Crippen LogP contribution in [0.5, 0.6) is 0 Å². The van der Waals surface area contributed by atoms with Crippen LogP contribution in [0, 0.1) is 0 Å². The highest BCUT2D eigenvalue weighted by Crippen LogP contribution is 2.21. The molecule has 3 aromatic rings. The first-order chi connectivity index (χ1) is 10.6. The zero-order chi connectivity index (χ0) is 15.5. The Labute approximate surface area is 140 Å². The fraction of sp³-hybridized carbons (Fsp3) is 0.188. The number of aromatic amines is 1. The van der Waals surface area contributed by atoms with Gasteiger partial charge in [-0.3, -0.25) is 10.1 Å². The summed E-state index contributed by atoms with van der Waals surface area (Å²) in [4.78, 5) is 15.8. The second-order valence-corrected chi connectivity index (χ2v) is 6.98. The zero-order valence-electron chi connectivity index (χ0n) is 11.7. The number of hydrogen-bond acceptors (Lipinski definition) is 3. The van der Waals surface area contributed by atoms with E-state index in [0.717, 1.165) is 25.8 Å². The lowest BCUT2D eigenvalue weighted by Gasteiger charge is -2.13. The van der Waals surface area contributed by atoms with Crippen LogP contribution in [0.15, 0.2) is 46.4 Å². The van der Waals surface area contributed by atoms with Gasteiger partial charge < -0.3 is 10.1 Å². The first-order valence-corrected chi connectivity index (χ1v) is 8.55. The van der Waals surface area contributed by atoms with Gasteiger partial charge in [0.25, 0.3) is 0 Å². The minimum atomic E-state index is -0.832. The Hall–Kier alpha value is -1.63. The van der Waals surface area contributed by atoms with E-state index < -0.39 is 12.0 Å². The molecule has 2 aromatic heterocycles. The molecule has 3 N–H and O–H groups in total. The normalized spacial score (nSPS) is 12.6. The van der Waals surface area contributed by atoms with Crippen LogP contribution in [0.2, 0.25) is 0 Å². The van der Waals surface area contributed by atoms with E-state index in [4.69, 9.17) is 0 Å². The second-order valence-electron chi connectivity index (χ2n) is 5.07. The van der Waals surface area contributed by atoms with Gasteiger partial charge in [-0.25, -0.2) is 0 Å². The molecule has 0 saturated carbocycles. The summed E-state index contributed by atoms with van der Waals surface area (Å²) in [5.74, 6) is -0.832. The summed E-state index contributed by atoms with van der Waals surface area (Å²) in [6, 6.07) is 9.32. The molecule has 1 aromatic carbocycles. The summed E-state index contributed by atoms with van der Waals surface area (Å²) < 4.78 is 1.03. The van der Waals surface area contributed by atoms with Crippen molar-refractivity contribution < 1.29 is 9.90 Å². The van der Waals surface area contributed by atoms with Gasteiger partial charge in [-0.1, -0.05) is 18.2 Å². The van der Waals surface area contributed by atoms with E-state index in [2.05, 4.69) is 26.2 Å². The number of rotatable bonds is 6. The first kappa shape index (κ1) is 15.3. The van der Waals surface area contributed by atoms with Gasteiger partial charge in [0.1, 0.15) is 6.04 Å². The Bertz CT molecular complexity index is 796. The van der Waals surface area contributed by atoms with Crippen molar-refractivity contribution in [1.82, 2.24) is 10.3 Å². The topological polar surface area (TPSA) is 65.1 Å². The Morgan fingerprint density at radius 3 is 2.95 bits per heavy atom. The molecule has 6 heteroatoms. The van der Waals surface area contributed by atoms with E-state index in [1.54, 1.807) is 11.3 Å². The molecule has 2 heterocycles. The summed E-state index contributed by atoms with van der Waals surface area (Å²) >= 11 is 5.01. The molecular weight excluding hydrogens is 364 g/mol. The van der Waals surface area contributed by atoms with Crippen LogP contribution in [0.25, 0.3) is 10.9 Å². The van der Waals surface area contributed by atoms with E-state index in [9.17, 15) is 9.90 Å². The SMILES string of the molecule is O=C(O)[C@@H](Cc1c[nH]c2ccccc12)NCc1cc(Br)cs1. The number of hydrogen-bond donors (Lipinski definition) is 3. The molecule has 0 spiro atoms. The monoisotopic (exact) mass is 378 g/mol. The number of carboxylic acids is 1. The number of aromatic nitrogens is 1. The van der Waals surface area contributed by atoms with Crippen LogP contribution < -0.4 is 5.32 Å². The number of carbonyl (C=O) groups is 1. The highest BCUT2D eigenvalue weighted by Gasteiger charge is 2.19. The van der Waals surface area contributed by atoms with E-state index in [1.807, 2.05) is 41.9 Å². The molecule has 0 fully saturated rings. The van der Waals surface area contributed by atoms with Crippen LogP contribution in [0.4, 0.5) is 0 Å². The van der Waals surface area contributed by atoms with Gasteiger partial charge >= 0.3 is 5.97 Å². The van der Waals surface area contributed by atoms with E-state index in [0.29, 0.717) is 13.0 Å². The maximum Gasteiger partial charge on any atom is 0.321 e. The minimum absolute atomic E-state index is 0.450. The summed E-state index contributed by atoms with van der Waals surface area (Å²) in [5.41, 5.74) is 2.05. The third-order valence-corrected chi connectivity index (χ3v) is 5.24. The maximum atomic E-state index is 11.5. The molecule has 0 aliphatic heterocycles. The number of aliphatic carboxylic acids is 1. The van der Waals surface area contributed by atoms with Gasteiger partial charge in [-0.2, -0.15) is 0 Å². The average molecular weight is 379 g/mol. The number of para-hydroxylation sites is 1. The number of nitrogens with one attached hydrogen (secondary N) is 2. The van der Waals surface area contributed by atoms with Crippen LogP contribution in [0.3, 0.4) is 0 Å². The molecule has 0 saturated heterocycles. The Balaban J connectivity index is 1.73. The fourth-order valence-electron chi connectivity index (χ4n) is 2.44. The molecule has 0 bridgehead atoms. The van der Waals surface area contributed by atoms with E-state index >= 15 is 0 Å². The van der Waals surface area contributed by atoms with Crippen molar-refractivity contribution in [2.45, 2.75) is 19.0 Å². The fourth-order valence-corrected chi connectivity index (χ4v) is 3.84. The lowest BCUT2D eigenvalue weighted by atomic mass is 10.1. The third-order valence-electron chi connectivity index (χ3n) is 3.54. The van der Waals surface area contributed by atoms with Crippen LogP contribution in [0.1, 0.15) is 10.4 Å². The lowest BCUT2D eigenvalue weighted by Crippen LogP contribution is -2.37. The summed E-state index contributed by atoms with van der Waals surface area (Å²) in [6.45, 7) is 0.551. The van der Waals surface area contributed by atoms with Gasteiger partial charge in [-0.05, 0) is 33.6 Å². The van der Waals surface area contributed by atoms with Crippen molar-refractivity contribution in [2.75, 3.05) is 0 Å². The van der Waals surface area contributed by atoms with E-state index in [-0.39, 0.29) is 0 Å². The Kier molecular flexibility index (Phi) is 4.61. The molecule has 3 rings (SSSR count). The number of H-pyrrole nitrogens is 1. The molecule has 1 atom stereocenters. The predicted molar refractivity (Wildman–Crippen MR) is 92.3 cm³/mol. The summed E-state index contributed by atoms with van der Waals surface area (Å²) in [6.07, 6.45) is 2.34. The van der Waals surface area contributed by atoms with Crippen molar-refractivity contribution in [1.29, 1.82) is 0 Å². The number of benzene rings is 1. The zero-order valence-corrected chi connectivity index (χ0v) is 14.1. The minimum Gasteiger partial charge on any atom is -0.480 e. The van der Waals surface area contributed by atoms with Crippen LogP contribution in [-0.2, 0) is 17.8 Å². The third kappa shape index (κ3) is 3.40. The standard InChI is InChI=1S/C16H15BrN2O2S/c17-11-6-12(22-9-11)8-19-15(16(20)21)5-10-7-18-14-4-2-1-3-13(10)14/h1-4,6-7,9,15,18-19H,5,8H2,(H,20,21)/t15-/m1/s1. The maximum absolute atomic E-state index is 11.5. The van der Waals surface area contributed by atoms with Gasteiger partial charge in [-0.15, -0.1) is 11.3 Å². The molecule has 22 heavy (non-hydrogen) atoms. The van der Waals surface area contributed by atoms with Crippen molar-refractivity contribution in [3.63, 3.8) is 0 Å². The molecule has 0 radical (unpaired) electrons. The van der Waals surface area contributed by atoms with Gasteiger partial charge in [0.15, 0.2) is 0 Å². The van der Waals surface area contributed by atoms with Gasteiger partial charge in [0, 0.05) is 44.8 Å². The van der Waals surface area contributed by atoms with Crippen molar-refractivity contribution in [2.24, 2.45) is 0 Å². The highest BCUT2D eigenvalue weighted by atomic mass is 79.9. The van der Waals surface area contributed by atoms with Crippen molar-refractivity contribution >= 4 is 44.1 Å². The average Bonchev–Trinajstić information content (AvgIpc) is 3.10. The largest absolute Gasteiger partial charge is 0.480 e. The van der Waals surface area contributed by atoms with Crippen LogP contribution in [-0.4, -0.2) is 22.1 Å². The van der Waals surface area contributed by atoms with Crippen molar-refractivity contribution in [3.8, 4) is 0 Å². The molecule has 0 aliphatic carbocycles. The Morgan fingerprint density at radius 2 is 2.23 bits per heavy atom. The lowest BCUT2D eigenvalue weighted by molar-refractivity contribution is -0.139. The summed E-state index contributed by atoms with van der Waals surface area (Å²) in [7, 11) is 0. The molecule has 4 nitrogen and oxygen atoms in total. The molecular formula is C16H15BrN2O2S. The Morgan fingerprint density at radius 1 is 1.41 bits per heavy atom.